The van der Waals surface area contributed by atoms with Crippen LogP contribution in [0.1, 0.15) is 30.9 Å². The van der Waals surface area contributed by atoms with Crippen LogP contribution in [0.3, 0.4) is 0 Å². The van der Waals surface area contributed by atoms with Crippen LogP contribution in [0.15, 0.2) is 30.3 Å². The van der Waals surface area contributed by atoms with Crippen LogP contribution in [0.25, 0.3) is 6.08 Å². The molecule has 9 heteroatoms. The number of halogens is 3. The van der Waals surface area contributed by atoms with Crippen LogP contribution in [-0.2, 0) is 21.0 Å². The van der Waals surface area contributed by atoms with Gasteiger partial charge in [-0.25, -0.2) is 12.7 Å². The maximum Gasteiger partial charge on any atom is 0.416 e. The molecule has 1 aromatic carbocycles. The van der Waals surface area contributed by atoms with Crippen molar-refractivity contribution < 1.29 is 26.4 Å². The van der Waals surface area contributed by atoms with Gasteiger partial charge in [-0.2, -0.15) is 13.2 Å². The Balaban J connectivity index is 1.89. The average molecular weight is 390 g/mol. The SMILES string of the molecule is CCS(=O)(=O)N1CCC(NC(=O)/C=C\c2cccc(C(F)(F)F)c2)CC1. The molecule has 1 heterocycles. The smallest absolute Gasteiger partial charge is 0.350 e. The summed E-state index contributed by atoms with van der Waals surface area (Å²) in [4.78, 5) is 11.9. The van der Waals surface area contributed by atoms with E-state index in [9.17, 15) is 26.4 Å². The van der Waals surface area contributed by atoms with Crippen LogP contribution in [0.2, 0.25) is 0 Å². The molecule has 1 saturated heterocycles. The molecule has 0 saturated carbocycles. The summed E-state index contributed by atoms with van der Waals surface area (Å²) in [6.45, 7) is 2.28. The minimum Gasteiger partial charge on any atom is -0.350 e. The molecule has 0 bridgehead atoms. The standard InChI is InChI=1S/C17H21F3N2O3S/c1-2-26(24,25)22-10-8-15(9-11-22)21-16(23)7-6-13-4-3-5-14(12-13)17(18,19)20/h3-7,12,15H,2,8-11H2,1H3,(H,21,23)/b7-6-. The summed E-state index contributed by atoms with van der Waals surface area (Å²) in [6.07, 6.45) is -0.921. The quantitative estimate of drug-likeness (QED) is 0.786. The highest BCUT2D eigenvalue weighted by atomic mass is 32.2. The summed E-state index contributed by atoms with van der Waals surface area (Å²) in [5.41, 5.74) is -0.497. The zero-order valence-corrected chi connectivity index (χ0v) is 15.1. The highest BCUT2D eigenvalue weighted by Gasteiger charge is 2.30. The van der Waals surface area contributed by atoms with Crippen molar-refractivity contribution in [3.8, 4) is 0 Å². The Morgan fingerprint density at radius 3 is 2.54 bits per heavy atom. The van der Waals surface area contributed by atoms with Gasteiger partial charge in [0.05, 0.1) is 11.3 Å². The molecule has 1 aliphatic heterocycles. The van der Waals surface area contributed by atoms with Crippen LogP contribution >= 0.6 is 0 Å². The van der Waals surface area contributed by atoms with Gasteiger partial charge in [0.15, 0.2) is 0 Å². The number of nitrogens with one attached hydrogen (secondary N) is 1. The van der Waals surface area contributed by atoms with Gasteiger partial charge >= 0.3 is 6.18 Å². The lowest BCUT2D eigenvalue weighted by atomic mass is 10.1. The first-order valence-corrected chi connectivity index (χ1v) is 9.86. The van der Waals surface area contributed by atoms with Crippen molar-refractivity contribution in [2.24, 2.45) is 0 Å². The van der Waals surface area contributed by atoms with E-state index in [0.717, 1.165) is 12.1 Å². The summed E-state index contributed by atoms with van der Waals surface area (Å²) < 4.78 is 63.0. The van der Waals surface area contributed by atoms with Crippen LogP contribution < -0.4 is 5.32 Å². The molecule has 0 aliphatic carbocycles. The molecular formula is C17H21F3N2O3S. The maximum atomic E-state index is 12.7. The van der Waals surface area contributed by atoms with E-state index in [2.05, 4.69) is 5.32 Å². The van der Waals surface area contributed by atoms with Crippen molar-refractivity contribution in [1.82, 2.24) is 9.62 Å². The first-order chi connectivity index (χ1) is 12.1. The predicted octanol–water partition coefficient (Wildman–Crippen LogP) is 2.65. The first-order valence-electron chi connectivity index (χ1n) is 8.25. The number of amides is 1. The Kier molecular flexibility index (Phi) is 6.46. The second kappa shape index (κ2) is 8.22. The average Bonchev–Trinajstić information content (AvgIpc) is 2.60. The molecule has 0 aromatic heterocycles. The number of hydrogen-bond acceptors (Lipinski definition) is 3. The Labute approximate surface area is 150 Å². The van der Waals surface area contributed by atoms with E-state index in [-0.39, 0.29) is 17.4 Å². The topological polar surface area (TPSA) is 66.5 Å². The van der Waals surface area contributed by atoms with Crippen molar-refractivity contribution >= 4 is 22.0 Å². The highest BCUT2D eigenvalue weighted by Crippen LogP contribution is 2.29. The molecule has 1 N–H and O–H groups in total. The predicted molar refractivity (Wildman–Crippen MR) is 92.7 cm³/mol. The van der Waals surface area contributed by atoms with Crippen molar-refractivity contribution in [3.05, 3.63) is 41.5 Å². The zero-order chi connectivity index (χ0) is 19.4. The molecule has 1 aromatic rings. The van der Waals surface area contributed by atoms with E-state index < -0.39 is 27.7 Å². The summed E-state index contributed by atoms with van der Waals surface area (Å²) >= 11 is 0. The van der Waals surface area contributed by atoms with E-state index in [4.69, 9.17) is 0 Å². The van der Waals surface area contributed by atoms with Crippen LogP contribution in [-0.4, -0.2) is 43.5 Å². The molecular weight excluding hydrogens is 369 g/mol. The third-order valence-electron chi connectivity index (χ3n) is 4.20. The lowest BCUT2D eigenvalue weighted by Crippen LogP contribution is -2.46. The number of rotatable bonds is 5. The number of sulfonamides is 1. The van der Waals surface area contributed by atoms with E-state index in [1.807, 2.05) is 0 Å². The Morgan fingerprint density at radius 1 is 1.31 bits per heavy atom. The Morgan fingerprint density at radius 2 is 1.96 bits per heavy atom. The van der Waals surface area contributed by atoms with Gasteiger partial charge in [0.1, 0.15) is 0 Å². The van der Waals surface area contributed by atoms with E-state index in [1.165, 1.54) is 28.6 Å². The fourth-order valence-corrected chi connectivity index (χ4v) is 3.83. The van der Waals surface area contributed by atoms with Crippen molar-refractivity contribution in [1.29, 1.82) is 0 Å². The van der Waals surface area contributed by atoms with Gasteiger partial charge < -0.3 is 5.32 Å². The molecule has 5 nitrogen and oxygen atoms in total. The molecule has 2 rings (SSSR count). The normalized spacial score (nSPS) is 17.5. The third-order valence-corrected chi connectivity index (χ3v) is 6.08. The van der Waals surface area contributed by atoms with Crippen LogP contribution in [0.5, 0.6) is 0 Å². The number of nitrogens with zero attached hydrogens (tertiary/aromatic N) is 1. The summed E-state index contributed by atoms with van der Waals surface area (Å²) in [6, 6.07) is 4.54. The number of alkyl halides is 3. The van der Waals surface area contributed by atoms with Crippen LogP contribution in [0, 0.1) is 0 Å². The number of hydrogen-bond donors (Lipinski definition) is 1. The second-order valence-electron chi connectivity index (χ2n) is 6.04. The van der Waals surface area contributed by atoms with Gasteiger partial charge in [-0.3, -0.25) is 4.79 Å². The molecule has 0 spiro atoms. The van der Waals surface area contributed by atoms with Crippen molar-refractivity contribution in [2.45, 2.75) is 32.0 Å². The minimum atomic E-state index is -4.43. The molecule has 26 heavy (non-hydrogen) atoms. The first kappa shape index (κ1) is 20.4. The fourth-order valence-electron chi connectivity index (χ4n) is 2.70. The van der Waals surface area contributed by atoms with Gasteiger partial charge in [0.25, 0.3) is 0 Å². The molecule has 0 unspecified atom stereocenters. The monoisotopic (exact) mass is 390 g/mol. The van der Waals surface area contributed by atoms with Crippen molar-refractivity contribution in [2.75, 3.05) is 18.8 Å². The molecule has 0 radical (unpaired) electrons. The molecule has 1 fully saturated rings. The van der Waals surface area contributed by atoms with Gasteiger partial charge in [-0.15, -0.1) is 0 Å². The molecule has 1 aliphatic rings. The Bertz CT molecular complexity index is 768. The molecule has 0 atom stereocenters. The number of benzene rings is 1. The minimum absolute atomic E-state index is 0.0454. The fraction of sp³-hybridized carbons (Fsp3) is 0.471. The summed E-state index contributed by atoms with van der Waals surface area (Å²) in [5, 5.41) is 2.75. The maximum absolute atomic E-state index is 12.7. The largest absolute Gasteiger partial charge is 0.416 e. The third kappa shape index (κ3) is 5.57. The highest BCUT2D eigenvalue weighted by molar-refractivity contribution is 7.89. The zero-order valence-electron chi connectivity index (χ0n) is 14.3. The molecule has 1 amide bonds. The van der Waals surface area contributed by atoms with E-state index >= 15 is 0 Å². The van der Waals surface area contributed by atoms with Gasteiger partial charge in [0, 0.05) is 25.2 Å². The second-order valence-corrected chi connectivity index (χ2v) is 8.30. The summed E-state index contributed by atoms with van der Waals surface area (Å²) in [5.74, 6) is -0.372. The van der Waals surface area contributed by atoms with Gasteiger partial charge in [-0.1, -0.05) is 12.1 Å². The van der Waals surface area contributed by atoms with Gasteiger partial charge in [0.2, 0.25) is 15.9 Å². The lowest BCUT2D eigenvalue weighted by Gasteiger charge is -2.31. The van der Waals surface area contributed by atoms with Gasteiger partial charge in [-0.05, 0) is 43.5 Å². The van der Waals surface area contributed by atoms with E-state index in [1.54, 1.807) is 6.92 Å². The number of carbonyl (C=O) groups is 1. The number of carbonyl (C=O) groups excluding carboxylic acids is 1. The lowest BCUT2D eigenvalue weighted by molar-refractivity contribution is -0.137. The number of piperidine rings is 1. The Hall–Kier alpha value is -1.87. The van der Waals surface area contributed by atoms with Crippen molar-refractivity contribution in [3.63, 3.8) is 0 Å². The van der Waals surface area contributed by atoms with E-state index in [0.29, 0.717) is 25.9 Å². The molecule has 144 valence electrons. The van der Waals surface area contributed by atoms with Crippen LogP contribution in [0.4, 0.5) is 13.2 Å². The summed E-state index contributed by atoms with van der Waals surface area (Å²) in [7, 11) is -3.22.